The Morgan fingerprint density at radius 3 is 2.76 bits per heavy atom. The van der Waals surface area contributed by atoms with E-state index in [0.29, 0.717) is 31.2 Å². The lowest BCUT2D eigenvalue weighted by atomic mass is 10.0. The largest absolute Gasteiger partial charge is 0.480 e. The highest BCUT2D eigenvalue weighted by Gasteiger charge is 2.39. The molecule has 1 aromatic carbocycles. The topological polar surface area (TPSA) is 77.7 Å². The zero-order valence-corrected chi connectivity index (χ0v) is 14.6. The number of nitrogens with zero attached hydrogens (tertiary/aromatic N) is 3. The number of hydrogen-bond acceptors (Lipinski definition) is 6. The number of carbonyl (C=O) groups excluding carboxylic acids is 1. The summed E-state index contributed by atoms with van der Waals surface area (Å²) >= 11 is 0. The quantitative estimate of drug-likeness (QED) is 0.841. The molecule has 0 bridgehead atoms. The molecule has 2 aliphatic heterocycles. The Morgan fingerprint density at radius 1 is 1.28 bits per heavy atom. The van der Waals surface area contributed by atoms with Gasteiger partial charge in [-0.2, -0.15) is 4.98 Å². The first kappa shape index (κ1) is 16.1. The van der Waals surface area contributed by atoms with Crippen molar-refractivity contribution in [3.05, 3.63) is 40.5 Å². The summed E-state index contributed by atoms with van der Waals surface area (Å²) < 4.78 is 16.6. The van der Waals surface area contributed by atoms with E-state index in [4.69, 9.17) is 14.0 Å². The highest BCUT2D eigenvalue weighted by molar-refractivity contribution is 5.83. The zero-order chi connectivity index (χ0) is 17.6. The van der Waals surface area contributed by atoms with E-state index in [0.717, 1.165) is 11.3 Å². The van der Waals surface area contributed by atoms with Crippen molar-refractivity contribution in [2.24, 2.45) is 0 Å². The van der Waals surface area contributed by atoms with Gasteiger partial charge in [0.15, 0.2) is 11.9 Å². The molecule has 3 heterocycles. The molecule has 1 unspecified atom stereocenters. The summed E-state index contributed by atoms with van der Waals surface area (Å²) in [5.41, 5.74) is 3.52. The fourth-order valence-corrected chi connectivity index (χ4v) is 3.17. The van der Waals surface area contributed by atoms with Crippen LogP contribution < -0.4 is 4.74 Å². The van der Waals surface area contributed by atoms with Crippen molar-refractivity contribution >= 4 is 5.91 Å². The second-order valence-corrected chi connectivity index (χ2v) is 6.77. The molecule has 7 nitrogen and oxygen atoms in total. The monoisotopic (exact) mass is 343 g/mol. The lowest BCUT2D eigenvalue weighted by Crippen LogP contribution is -2.58. The Balaban J connectivity index is 1.28. The number of benzene rings is 1. The van der Waals surface area contributed by atoms with Crippen molar-refractivity contribution in [1.29, 1.82) is 0 Å². The lowest BCUT2D eigenvalue weighted by Gasteiger charge is -2.39. The molecule has 2 aliphatic rings. The van der Waals surface area contributed by atoms with Crippen LogP contribution in [0, 0.1) is 20.8 Å². The first-order valence-electron chi connectivity index (χ1n) is 8.46. The Morgan fingerprint density at radius 2 is 2.04 bits per heavy atom. The van der Waals surface area contributed by atoms with Gasteiger partial charge in [0, 0.05) is 19.5 Å². The van der Waals surface area contributed by atoms with E-state index < -0.39 is 6.10 Å². The summed E-state index contributed by atoms with van der Waals surface area (Å²) in [6.07, 6.45) is 0.221. The number of carbonyl (C=O) groups is 1. The van der Waals surface area contributed by atoms with Crippen LogP contribution in [0.1, 0.15) is 28.4 Å². The van der Waals surface area contributed by atoms with Gasteiger partial charge in [-0.15, -0.1) is 0 Å². The van der Waals surface area contributed by atoms with E-state index in [1.807, 2.05) is 6.07 Å². The summed E-state index contributed by atoms with van der Waals surface area (Å²) in [6, 6.07) is 4.14. The van der Waals surface area contributed by atoms with Crippen molar-refractivity contribution in [3.63, 3.8) is 0 Å². The number of rotatable bonds is 4. The average Bonchev–Trinajstić information content (AvgIpc) is 3.12. The number of likely N-dealkylation sites (tertiary alicyclic amines) is 1. The van der Waals surface area contributed by atoms with Crippen LogP contribution in [-0.2, 0) is 22.6 Å². The molecule has 0 radical (unpaired) electrons. The maximum absolute atomic E-state index is 12.6. The Hall–Kier alpha value is -2.41. The third-order valence-corrected chi connectivity index (χ3v) is 4.80. The molecule has 1 aromatic heterocycles. The zero-order valence-electron chi connectivity index (χ0n) is 14.6. The Labute approximate surface area is 145 Å². The van der Waals surface area contributed by atoms with E-state index in [2.05, 4.69) is 30.1 Å². The van der Waals surface area contributed by atoms with Gasteiger partial charge in [-0.1, -0.05) is 11.2 Å². The van der Waals surface area contributed by atoms with Crippen LogP contribution in [0.3, 0.4) is 0 Å². The van der Waals surface area contributed by atoms with Crippen LogP contribution in [0.15, 0.2) is 16.7 Å². The fourth-order valence-electron chi connectivity index (χ4n) is 3.17. The molecule has 4 rings (SSSR count). The molecule has 1 atom stereocenters. The minimum atomic E-state index is -0.421. The molecule has 132 valence electrons. The molecular formula is C18H21N3O4. The van der Waals surface area contributed by atoms with Gasteiger partial charge >= 0.3 is 0 Å². The van der Waals surface area contributed by atoms with E-state index >= 15 is 0 Å². The van der Waals surface area contributed by atoms with Crippen molar-refractivity contribution in [1.82, 2.24) is 15.0 Å². The molecule has 2 aromatic rings. The van der Waals surface area contributed by atoms with Crippen LogP contribution in [0.5, 0.6) is 5.75 Å². The summed E-state index contributed by atoms with van der Waals surface area (Å²) in [7, 11) is 0. The van der Waals surface area contributed by atoms with Crippen LogP contribution in [0.25, 0.3) is 0 Å². The summed E-state index contributed by atoms with van der Waals surface area (Å²) in [6.45, 7) is 7.31. The van der Waals surface area contributed by atoms with Gasteiger partial charge in [0.2, 0.25) is 0 Å². The number of aromatic nitrogens is 2. The molecule has 7 heteroatoms. The maximum atomic E-state index is 12.6. The highest BCUT2D eigenvalue weighted by atomic mass is 16.5. The second-order valence-electron chi connectivity index (χ2n) is 6.77. The third-order valence-electron chi connectivity index (χ3n) is 4.80. The van der Waals surface area contributed by atoms with E-state index in [-0.39, 0.29) is 18.6 Å². The molecule has 0 spiro atoms. The number of aryl methyl sites for hydroxylation is 3. The Kier molecular flexibility index (Phi) is 3.95. The number of amides is 1. The van der Waals surface area contributed by atoms with Gasteiger partial charge in [-0.05, 0) is 43.5 Å². The molecule has 0 N–H and O–H groups in total. The minimum Gasteiger partial charge on any atom is -0.480 e. The van der Waals surface area contributed by atoms with Crippen molar-refractivity contribution in [2.45, 2.75) is 46.0 Å². The van der Waals surface area contributed by atoms with Gasteiger partial charge in [-0.3, -0.25) is 4.79 Å². The van der Waals surface area contributed by atoms with Crippen LogP contribution in [-0.4, -0.2) is 46.2 Å². The molecular weight excluding hydrogens is 322 g/mol. The number of ether oxygens (including phenoxy) is 2. The third kappa shape index (κ3) is 3.11. The highest BCUT2D eigenvalue weighted by Crippen LogP contribution is 2.32. The SMILES string of the molecule is Cc1noc(COC2CN(C(=O)C3Cc4cc(C)c(C)cc4O3)C2)n1. The predicted octanol–water partition coefficient (Wildman–Crippen LogP) is 1.73. The first-order valence-corrected chi connectivity index (χ1v) is 8.46. The van der Waals surface area contributed by atoms with Crippen molar-refractivity contribution < 1.29 is 18.8 Å². The standard InChI is InChI=1S/C18H21N3O4/c1-10-4-13-6-16(24-15(13)5-11(10)2)18(22)21-7-14(8-21)23-9-17-19-12(3)20-25-17/h4-5,14,16H,6-9H2,1-3H3. The molecule has 25 heavy (non-hydrogen) atoms. The molecule has 0 saturated carbocycles. The van der Waals surface area contributed by atoms with E-state index in [1.165, 1.54) is 11.1 Å². The molecule has 1 saturated heterocycles. The van der Waals surface area contributed by atoms with E-state index in [1.54, 1.807) is 11.8 Å². The summed E-state index contributed by atoms with van der Waals surface area (Å²) in [4.78, 5) is 18.5. The van der Waals surface area contributed by atoms with Gasteiger partial charge in [0.05, 0.1) is 6.10 Å². The summed E-state index contributed by atoms with van der Waals surface area (Å²) in [5.74, 6) is 1.91. The lowest BCUT2D eigenvalue weighted by molar-refractivity contribution is -0.153. The fraction of sp³-hybridized carbons (Fsp3) is 0.500. The average molecular weight is 343 g/mol. The van der Waals surface area contributed by atoms with Gasteiger partial charge in [0.1, 0.15) is 12.4 Å². The minimum absolute atomic E-state index is 0.00410. The molecule has 1 fully saturated rings. The predicted molar refractivity (Wildman–Crippen MR) is 88.2 cm³/mol. The number of hydrogen-bond donors (Lipinski definition) is 0. The maximum Gasteiger partial charge on any atom is 0.264 e. The molecule has 0 aliphatic carbocycles. The van der Waals surface area contributed by atoms with Crippen molar-refractivity contribution in [2.75, 3.05) is 13.1 Å². The summed E-state index contributed by atoms with van der Waals surface area (Å²) in [5, 5.41) is 3.72. The van der Waals surface area contributed by atoms with Gasteiger partial charge in [-0.25, -0.2) is 0 Å². The van der Waals surface area contributed by atoms with Crippen LogP contribution in [0.2, 0.25) is 0 Å². The van der Waals surface area contributed by atoms with Gasteiger partial charge < -0.3 is 18.9 Å². The second kappa shape index (κ2) is 6.15. The van der Waals surface area contributed by atoms with E-state index in [9.17, 15) is 4.79 Å². The van der Waals surface area contributed by atoms with Crippen LogP contribution in [0.4, 0.5) is 0 Å². The van der Waals surface area contributed by atoms with Crippen molar-refractivity contribution in [3.8, 4) is 5.75 Å². The van der Waals surface area contributed by atoms with Gasteiger partial charge in [0.25, 0.3) is 11.8 Å². The molecule has 1 amide bonds. The van der Waals surface area contributed by atoms with Crippen LogP contribution >= 0.6 is 0 Å². The Bertz CT molecular complexity index is 780. The number of fused-ring (bicyclic) bond motifs is 1. The normalized spacial score (nSPS) is 19.5. The smallest absolute Gasteiger partial charge is 0.264 e. The first-order chi connectivity index (χ1) is 12.0.